The quantitative estimate of drug-likeness (QED) is 0.846. The third-order valence-corrected chi connectivity index (χ3v) is 7.01. The third kappa shape index (κ3) is 4.40. The maximum absolute atomic E-state index is 12.7. The van der Waals surface area contributed by atoms with Crippen molar-refractivity contribution in [3.63, 3.8) is 0 Å². The van der Waals surface area contributed by atoms with Crippen molar-refractivity contribution in [3.05, 3.63) is 30.3 Å². The zero-order valence-corrected chi connectivity index (χ0v) is 15.1. The van der Waals surface area contributed by atoms with E-state index < -0.39 is 10.0 Å². The number of benzene rings is 1. The second-order valence-corrected chi connectivity index (χ2v) is 8.98. The number of rotatable bonds is 4. The zero-order chi connectivity index (χ0) is 17.9. The Hall–Kier alpha value is -1.44. The van der Waals surface area contributed by atoms with Crippen molar-refractivity contribution >= 4 is 15.9 Å². The predicted molar refractivity (Wildman–Crippen MR) is 94.3 cm³/mol. The van der Waals surface area contributed by atoms with Crippen molar-refractivity contribution in [2.75, 3.05) is 13.1 Å². The maximum Gasteiger partial charge on any atom is 0.243 e. The molecule has 2 N–H and O–H groups in total. The minimum Gasteiger partial charge on any atom is -0.393 e. The summed E-state index contributed by atoms with van der Waals surface area (Å²) in [5, 5.41) is 12.7. The number of hydrogen-bond acceptors (Lipinski definition) is 4. The lowest BCUT2D eigenvalue weighted by Gasteiger charge is -2.33. The molecule has 6 nitrogen and oxygen atoms in total. The van der Waals surface area contributed by atoms with E-state index in [-0.39, 0.29) is 35.4 Å². The van der Waals surface area contributed by atoms with Crippen molar-refractivity contribution in [2.24, 2.45) is 5.92 Å². The first kappa shape index (κ1) is 18.4. The molecule has 7 heteroatoms. The summed E-state index contributed by atoms with van der Waals surface area (Å²) < 4.78 is 26.9. The summed E-state index contributed by atoms with van der Waals surface area (Å²) in [5.74, 6) is -0.418. The smallest absolute Gasteiger partial charge is 0.243 e. The van der Waals surface area contributed by atoms with Gasteiger partial charge in [0.25, 0.3) is 0 Å². The Balaban J connectivity index is 1.63. The molecule has 0 aromatic heterocycles. The van der Waals surface area contributed by atoms with Crippen LogP contribution < -0.4 is 5.32 Å². The van der Waals surface area contributed by atoms with Gasteiger partial charge in [0, 0.05) is 19.1 Å². The fourth-order valence-electron chi connectivity index (χ4n) is 3.73. The van der Waals surface area contributed by atoms with E-state index >= 15 is 0 Å². The van der Waals surface area contributed by atoms with E-state index in [0.717, 1.165) is 19.3 Å². The molecule has 1 aliphatic heterocycles. The molecule has 2 aliphatic rings. The molecule has 1 saturated carbocycles. The summed E-state index contributed by atoms with van der Waals surface area (Å²) in [6.07, 6.45) is 4.19. The van der Waals surface area contributed by atoms with Gasteiger partial charge in [0.1, 0.15) is 0 Å². The largest absolute Gasteiger partial charge is 0.393 e. The number of aliphatic hydroxyl groups is 1. The molecule has 1 saturated heterocycles. The monoisotopic (exact) mass is 366 g/mol. The van der Waals surface area contributed by atoms with E-state index in [1.807, 2.05) is 0 Å². The van der Waals surface area contributed by atoms with Crippen LogP contribution >= 0.6 is 0 Å². The highest BCUT2D eigenvalue weighted by Gasteiger charge is 2.34. The summed E-state index contributed by atoms with van der Waals surface area (Å²) in [7, 11) is -3.56. The Kier molecular flexibility index (Phi) is 5.76. The second kappa shape index (κ2) is 7.85. The highest BCUT2D eigenvalue weighted by molar-refractivity contribution is 7.89. The molecule has 0 spiro atoms. The van der Waals surface area contributed by atoms with E-state index in [1.54, 1.807) is 30.3 Å². The number of aliphatic hydroxyl groups excluding tert-OH is 1. The van der Waals surface area contributed by atoms with Gasteiger partial charge in [-0.3, -0.25) is 4.79 Å². The molecule has 1 aromatic rings. The van der Waals surface area contributed by atoms with Gasteiger partial charge in [-0.1, -0.05) is 18.2 Å². The molecule has 25 heavy (non-hydrogen) atoms. The molecule has 0 bridgehead atoms. The van der Waals surface area contributed by atoms with E-state index in [4.69, 9.17) is 0 Å². The fourth-order valence-corrected chi connectivity index (χ4v) is 5.28. The van der Waals surface area contributed by atoms with Gasteiger partial charge in [-0.25, -0.2) is 8.42 Å². The summed E-state index contributed by atoms with van der Waals surface area (Å²) in [6.45, 7) is 0.668. The standard InChI is InChI=1S/C18H26N2O4S/c21-16-8-4-7-15(12-16)19-18(22)14-6-5-11-20(13-14)25(23,24)17-9-2-1-3-10-17/h1-3,9-10,14-16,21H,4-8,11-13H2,(H,19,22). The highest BCUT2D eigenvalue weighted by atomic mass is 32.2. The van der Waals surface area contributed by atoms with Gasteiger partial charge in [-0.2, -0.15) is 4.31 Å². The Morgan fingerprint density at radius 3 is 2.60 bits per heavy atom. The van der Waals surface area contributed by atoms with Crippen LogP contribution in [0.25, 0.3) is 0 Å². The van der Waals surface area contributed by atoms with Crippen LogP contribution in [0.15, 0.2) is 35.2 Å². The lowest BCUT2D eigenvalue weighted by molar-refractivity contribution is -0.127. The molecule has 2 fully saturated rings. The van der Waals surface area contributed by atoms with Crippen molar-refractivity contribution in [1.82, 2.24) is 9.62 Å². The first-order valence-corrected chi connectivity index (χ1v) is 10.4. The van der Waals surface area contributed by atoms with Crippen molar-refractivity contribution in [2.45, 2.75) is 55.6 Å². The van der Waals surface area contributed by atoms with Crippen LogP contribution in [-0.2, 0) is 14.8 Å². The van der Waals surface area contributed by atoms with E-state index in [0.29, 0.717) is 25.8 Å². The topological polar surface area (TPSA) is 86.7 Å². The number of nitrogens with zero attached hydrogens (tertiary/aromatic N) is 1. The number of nitrogens with one attached hydrogen (secondary N) is 1. The number of carbonyl (C=O) groups is 1. The maximum atomic E-state index is 12.7. The number of piperidine rings is 1. The molecule has 138 valence electrons. The van der Waals surface area contributed by atoms with Crippen LogP contribution in [-0.4, -0.2) is 49.0 Å². The van der Waals surface area contributed by atoms with Gasteiger partial charge in [0.05, 0.1) is 16.9 Å². The van der Waals surface area contributed by atoms with Crippen LogP contribution in [0.2, 0.25) is 0 Å². The second-order valence-electron chi connectivity index (χ2n) is 7.04. The van der Waals surface area contributed by atoms with Crippen LogP contribution in [0, 0.1) is 5.92 Å². The van der Waals surface area contributed by atoms with Gasteiger partial charge in [-0.15, -0.1) is 0 Å². The summed E-state index contributed by atoms with van der Waals surface area (Å²) in [4.78, 5) is 12.8. The molecular weight excluding hydrogens is 340 g/mol. The molecule has 3 rings (SSSR count). The Labute approximate surface area is 149 Å². The van der Waals surface area contributed by atoms with Crippen molar-refractivity contribution < 1.29 is 18.3 Å². The van der Waals surface area contributed by atoms with Crippen LogP contribution in [0.3, 0.4) is 0 Å². The minimum absolute atomic E-state index is 0.00245. The molecule has 1 heterocycles. The van der Waals surface area contributed by atoms with Crippen molar-refractivity contribution in [3.8, 4) is 0 Å². The van der Waals surface area contributed by atoms with Gasteiger partial charge in [-0.05, 0) is 50.7 Å². The molecule has 1 aromatic carbocycles. The minimum atomic E-state index is -3.56. The molecule has 0 radical (unpaired) electrons. The summed E-state index contributed by atoms with van der Waals surface area (Å²) in [6, 6.07) is 8.36. The highest BCUT2D eigenvalue weighted by Crippen LogP contribution is 2.25. The molecule has 1 amide bonds. The zero-order valence-electron chi connectivity index (χ0n) is 14.3. The Morgan fingerprint density at radius 2 is 1.88 bits per heavy atom. The van der Waals surface area contributed by atoms with Gasteiger partial charge < -0.3 is 10.4 Å². The fraction of sp³-hybridized carbons (Fsp3) is 0.611. The number of amides is 1. The lowest BCUT2D eigenvalue weighted by Crippen LogP contribution is -2.48. The van der Waals surface area contributed by atoms with Crippen LogP contribution in [0.4, 0.5) is 0 Å². The van der Waals surface area contributed by atoms with E-state index in [2.05, 4.69) is 5.32 Å². The summed E-state index contributed by atoms with van der Waals surface area (Å²) in [5.41, 5.74) is 0. The number of hydrogen-bond donors (Lipinski definition) is 2. The number of sulfonamides is 1. The lowest BCUT2D eigenvalue weighted by atomic mass is 9.91. The first-order chi connectivity index (χ1) is 12.0. The van der Waals surface area contributed by atoms with E-state index in [1.165, 1.54) is 4.31 Å². The first-order valence-electron chi connectivity index (χ1n) is 9.00. The average Bonchev–Trinajstić information content (AvgIpc) is 2.62. The van der Waals surface area contributed by atoms with Gasteiger partial charge >= 0.3 is 0 Å². The molecule has 3 atom stereocenters. The number of carbonyl (C=O) groups excluding carboxylic acids is 1. The SMILES string of the molecule is O=C(NC1CCCC(O)C1)C1CCCN(S(=O)(=O)c2ccccc2)C1. The molecule has 1 aliphatic carbocycles. The molecular formula is C18H26N2O4S. The van der Waals surface area contributed by atoms with E-state index in [9.17, 15) is 18.3 Å². The van der Waals surface area contributed by atoms with Crippen molar-refractivity contribution in [1.29, 1.82) is 0 Å². The normalized spacial score (nSPS) is 28.4. The average molecular weight is 366 g/mol. The predicted octanol–water partition coefficient (Wildman–Crippen LogP) is 1.51. The molecule has 3 unspecified atom stereocenters. The third-order valence-electron chi connectivity index (χ3n) is 5.13. The summed E-state index contributed by atoms with van der Waals surface area (Å²) >= 11 is 0. The van der Waals surface area contributed by atoms with Crippen LogP contribution in [0.5, 0.6) is 0 Å². The van der Waals surface area contributed by atoms with Gasteiger partial charge in [0.15, 0.2) is 0 Å². The Morgan fingerprint density at radius 1 is 1.12 bits per heavy atom. The van der Waals surface area contributed by atoms with Crippen LogP contribution in [0.1, 0.15) is 38.5 Å². The Bertz CT molecular complexity index is 692. The van der Waals surface area contributed by atoms with Gasteiger partial charge in [0.2, 0.25) is 15.9 Å².